The fourth-order valence-corrected chi connectivity index (χ4v) is 1.82. The van der Waals surface area contributed by atoms with Crippen LogP contribution in [0.5, 0.6) is 5.75 Å². The van der Waals surface area contributed by atoms with Gasteiger partial charge in [0, 0.05) is 20.2 Å². The summed E-state index contributed by atoms with van der Waals surface area (Å²) in [6.07, 6.45) is 1.68. The highest BCUT2D eigenvalue weighted by Gasteiger charge is 2.20. The smallest absolute Gasteiger partial charge is 0.242 e. The number of methoxy groups -OCH3 is 2. The molecule has 0 saturated carbocycles. The summed E-state index contributed by atoms with van der Waals surface area (Å²) in [4.78, 5) is 13.9. The van der Waals surface area contributed by atoms with Crippen molar-refractivity contribution in [2.24, 2.45) is 5.73 Å². The van der Waals surface area contributed by atoms with Gasteiger partial charge in [-0.15, -0.1) is 6.58 Å². The SMILES string of the molecule is C=CCN(Cc1ccc(OC)cc1)C(=O)C(N)COC. The van der Waals surface area contributed by atoms with E-state index >= 15 is 0 Å². The summed E-state index contributed by atoms with van der Waals surface area (Å²) in [7, 11) is 3.14. The highest BCUT2D eigenvalue weighted by molar-refractivity contribution is 5.82. The topological polar surface area (TPSA) is 64.8 Å². The summed E-state index contributed by atoms with van der Waals surface area (Å²) in [5.41, 5.74) is 6.79. The Bertz CT molecular complexity index is 431. The number of carbonyl (C=O) groups excluding carboxylic acids is 1. The van der Waals surface area contributed by atoms with Crippen molar-refractivity contribution in [1.29, 1.82) is 0 Å². The van der Waals surface area contributed by atoms with Gasteiger partial charge in [-0.2, -0.15) is 0 Å². The molecule has 0 aliphatic rings. The van der Waals surface area contributed by atoms with Crippen molar-refractivity contribution in [3.05, 3.63) is 42.5 Å². The molecule has 0 aliphatic carbocycles. The first-order valence-corrected chi connectivity index (χ1v) is 6.39. The molecule has 0 fully saturated rings. The minimum Gasteiger partial charge on any atom is -0.497 e. The van der Waals surface area contributed by atoms with Crippen LogP contribution in [0.15, 0.2) is 36.9 Å². The molecule has 110 valence electrons. The molecule has 5 nitrogen and oxygen atoms in total. The largest absolute Gasteiger partial charge is 0.497 e. The lowest BCUT2D eigenvalue weighted by Crippen LogP contribution is -2.45. The van der Waals surface area contributed by atoms with Gasteiger partial charge < -0.3 is 20.1 Å². The fourth-order valence-electron chi connectivity index (χ4n) is 1.82. The lowest BCUT2D eigenvalue weighted by molar-refractivity contribution is -0.133. The van der Waals surface area contributed by atoms with Gasteiger partial charge in [0.15, 0.2) is 0 Å². The predicted octanol–water partition coefficient (Wildman–Crippen LogP) is 1.18. The molecular weight excluding hydrogens is 256 g/mol. The van der Waals surface area contributed by atoms with E-state index in [2.05, 4.69) is 6.58 Å². The first-order valence-electron chi connectivity index (χ1n) is 6.39. The molecule has 0 bridgehead atoms. The zero-order valence-corrected chi connectivity index (χ0v) is 12.0. The molecule has 2 N–H and O–H groups in total. The maximum atomic E-state index is 12.2. The Balaban J connectivity index is 2.74. The van der Waals surface area contributed by atoms with Gasteiger partial charge in [-0.25, -0.2) is 0 Å². The van der Waals surface area contributed by atoms with Crippen molar-refractivity contribution < 1.29 is 14.3 Å². The monoisotopic (exact) mass is 278 g/mol. The summed E-state index contributed by atoms with van der Waals surface area (Å²) < 4.78 is 10.0. The van der Waals surface area contributed by atoms with E-state index in [1.165, 1.54) is 7.11 Å². The summed E-state index contributed by atoms with van der Waals surface area (Å²) in [5, 5.41) is 0. The van der Waals surface area contributed by atoms with Gasteiger partial charge in [-0.3, -0.25) is 4.79 Å². The summed E-state index contributed by atoms with van der Waals surface area (Å²) in [6.45, 7) is 4.80. The first-order chi connectivity index (χ1) is 9.62. The number of ether oxygens (including phenoxy) is 2. The highest BCUT2D eigenvalue weighted by Crippen LogP contribution is 2.13. The van der Waals surface area contributed by atoms with Crippen LogP contribution in [0.25, 0.3) is 0 Å². The van der Waals surface area contributed by atoms with Gasteiger partial charge in [-0.1, -0.05) is 18.2 Å². The number of hydrogen-bond acceptors (Lipinski definition) is 4. The molecule has 5 heteroatoms. The molecule has 0 aromatic heterocycles. The molecular formula is C15H22N2O3. The van der Waals surface area contributed by atoms with Crippen LogP contribution in [0.1, 0.15) is 5.56 Å². The molecule has 1 unspecified atom stereocenters. The molecule has 1 amide bonds. The number of carbonyl (C=O) groups is 1. The zero-order chi connectivity index (χ0) is 15.0. The maximum absolute atomic E-state index is 12.2. The maximum Gasteiger partial charge on any atom is 0.242 e. The summed E-state index contributed by atoms with van der Waals surface area (Å²) in [6, 6.07) is 6.91. The third-order valence-corrected chi connectivity index (χ3v) is 2.86. The van der Waals surface area contributed by atoms with Crippen LogP contribution in [-0.2, 0) is 16.1 Å². The molecule has 1 aromatic rings. The Labute approximate surface area is 120 Å². The van der Waals surface area contributed by atoms with Crippen molar-refractivity contribution in [1.82, 2.24) is 4.90 Å². The van der Waals surface area contributed by atoms with Gasteiger partial charge in [-0.05, 0) is 17.7 Å². The van der Waals surface area contributed by atoms with E-state index in [1.54, 1.807) is 18.1 Å². The second kappa shape index (κ2) is 8.35. The molecule has 0 aliphatic heterocycles. The van der Waals surface area contributed by atoms with Crippen LogP contribution in [0.4, 0.5) is 0 Å². The van der Waals surface area contributed by atoms with Gasteiger partial charge in [0.1, 0.15) is 11.8 Å². The minimum atomic E-state index is -0.654. The first kappa shape index (κ1) is 16.2. The van der Waals surface area contributed by atoms with E-state index in [4.69, 9.17) is 15.2 Å². The van der Waals surface area contributed by atoms with Crippen LogP contribution in [0.2, 0.25) is 0 Å². The third kappa shape index (κ3) is 4.68. The number of hydrogen-bond donors (Lipinski definition) is 1. The second-order valence-corrected chi connectivity index (χ2v) is 4.42. The number of nitrogens with zero attached hydrogens (tertiary/aromatic N) is 1. The molecule has 20 heavy (non-hydrogen) atoms. The minimum absolute atomic E-state index is 0.150. The molecule has 0 heterocycles. The van der Waals surface area contributed by atoms with Crippen LogP contribution in [-0.4, -0.2) is 44.2 Å². The molecule has 0 spiro atoms. The molecule has 1 aromatic carbocycles. The normalized spacial score (nSPS) is 11.8. The van der Waals surface area contributed by atoms with E-state index in [0.717, 1.165) is 11.3 Å². The van der Waals surface area contributed by atoms with Crippen molar-refractivity contribution in [2.75, 3.05) is 27.4 Å². The van der Waals surface area contributed by atoms with Gasteiger partial charge >= 0.3 is 0 Å². The Kier molecular flexibility index (Phi) is 6.76. The van der Waals surface area contributed by atoms with E-state index in [0.29, 0.717) is 13.1 Å². The number of nitrogens with two attached hydrogens (primary N) is 1. The third-order valence-electron chi connectivity index (χ3n) is 2.86. The van der Waals surface area contributed by atoms with Crippen molar-refractivity contribution in [3.63, 3.8) is 0 Å². The fraction of sp³-hybridized carbons (Fsp3) is 0.400. The van der Waals surface area contributed by atoms with Gasteiger partial charge in [0.25, 0.3) is 0 Å². The van der Waals surface area contributed by atoms with Crippen LogP contribution in [0.3, 0.4) is 0 Å². The number of amides is 1. The molecule has 1 rings (SSSR count). The average molecular weight is 278 g/mol. The Morgan fingerprint density at radius 2 is 2.05 bits per heavy atom. The average Bonchev–Trinajstić information content (AvgIpc) is 2.47. The molecule has 0 radical (unpaired) electrons. The molecule has 1 atom stereocenters. The van der Waals surface area contributed by atoms with Crippen LogP contribution < -0.4 is 10.5 Å². The van der Waals surface area contributed by atoms with Crippen LogP contribution in [0, 0.1) is 0 Å². The number of benzene rings is 1. The van der Waals surface area contributed by atoms with E-state index < -0.39 is 6.04 Å². The lowest BCUT2D eigenvalue weighted by atomic mass is 10.2. The van der Waals surface area contributed by atoms with E-state index in [9.17, 15) is 4.79 Å². The Morgan fingerprint density at radius 1 is 1.40 bits per heavy atom. The summed E-state index contributed by atoms with van der Waals surface area (Å²) >= 11 is 0. The second-order valence-electron chi connectivity index (χ2n) is 4.42. The summed E-state index contributed by atoms with van der Waals surface area (Å²) in [5.74, 6) is 0.633. The van der Waals surface area contributed by atoms with Crippen molar-refractivity contribution >= 4 is 5.91 Å². The van der Waals surface area contributed by atoms with Crippen molar-refractivity contribution in [3.8, 4) is 5.75 Å². The molecule has 0 saturated heterocycles. The number of rotatable bonds is 8. The zero-order valence-electron chi connectivity index (χ0n) is 12.0. The predicted molar refractivity (Wildman–Crippen MR) is 78.5 cm³/mol. The standard InChI is InChI=1S/C15H22N2O3/c1-4-9-17(15(18)14(16)11-19-2)10-12-5-7-13(20-3)8-6-12/h4-8,14H,1,9-11,16H2,2-3H3. The Hall–Kier alpha value is -1.85. The van der Waals surface area contributed by atoms with Crippen molar-refractivity contribution in [2.45, 2.75) is 12.6 Å². The van der Waals surface area contributed by atoms with Gasteiger partial charge in [0.2, 0.25) is 5.91 Å². The van der Waals surface area contributed by atoms with Crippen LogP contribution >= 0.6 is 0 Å². The lowest BCUT2D eigenvalue weighted by Gasteiger charge is -2.24. The quantitative estimate of drug-likeness (QED) is 0.725. The van der Waals surface area contributed by atoms with Gasteiger partial charge in [0.05, 0.1) is 13.7 Å². The highest BCUT2D eigenvalue weighted by atomic mass is 16.5. The Morgan fingerprint density at radius 3 is 2.55 bits per heavy atom. The van der Waals surface area contributed by atoms with E-state index in [-0.39, 0.29) is 12.5 Å². The van der Waals surface area contributed by atoms with E-state index in [1.807, 2.05) is 24.3 Å².